The number of nitrogens with one attached hydrogen (secondary N) is 2. The van der Waals surface area contributed by atoms with Crippen LogP contribution in [0.3, 0.4) is 0 Å². The first kappa shape index (κ1) is 9.66. The van der Waals surface area contributed by atoms with Crippen LogP contribution < -0.4 is 16.7 Å². The Labute approximate surface area is 77.4 Å². The van der Waals surface area contributed by atoms with E-state index in [1.165, 1.54) is 0 Å². The van der Waals surface area contributed by atoms with Gasteiger partial charge in [0.05, 0.1) is 20.3 Å². The minimum Gasteiger partial charge on any atom is -0.370 e. The van der Waals surface area contributed by atoms with Crippen molar-refractivity contribution in [3.05, 3.63) is 0 Å². The van der Waals surface area contributed by atoms with Crippen molar-refractivity contribution in [1.29, 1.82) is 0 Å². The quantitative estimate of drug-likeness (QED) is 0.208. The molecule has 0 aromatic heterocycles. The number of nitrogens with two attached hydrogens (primary N) is 1. The van der Waals surface area contributed by atoms with Crippen LogP contribution in [0.2, 0.25) is 0 Å². The average molecular weight is 191 g/mol. The minimum atomic E-state index is 0.472. The maximum absolute atomic E-state index is 5.23. The van der Waals surface area contributed by atoms with Gasteiger partial charge in [-0.05, 0) is 12.2 Å². The molecular formula is C6H15N4OS+. The summed E-state index contributed by atoms with van der Waals surface area (Å²) in [4.78, 5) is 0. The van der Waals surface area contributed by atoms with E-state index in [1.54, 1.807) is 0 Å². The van der Waals surface area contributed by atoms with E-state index in [9.17, 15) is 0 Å². The van der Waals surface area contributed by atoms with Gasteiger partial charge in [-0.3, -0.25) is 5.43 Å². The second-order valence-corrected chi connectivity index (χ2v) is 3.45. The molecule has 0 amide bonds. The van der Waals surface area contributed by atoms with Gasteiger partial charge >= 0.3 is 0 Å². The third kappa shape index (κ3) is 2.56. The van der Waals surface area contributed by atoms with Crippen molar-refractivity contribution >= 4 is 17.3 Å². The summed E-state index contributed by atoms with van der Waals surface area (Å²) < 4.78 is 5.91. The Morgan fingerprint density at radius 3 is 2.58 bits per heavy atom. The average Bonchev–Trinajstić information content (AvgIpc) is 2.05. The highest BCUT2D eigenvalue weighted by atomic mass is 32.1. The summed E-state index contributed by atoms with van der Waals surface area (Å²) in [5.41, 5.74) is 5.50. The molecule has 1 aliphatic rings. The molecule has 0 aromatic carbocycles. The molecule has 1 heterocycles. The second-order valence-electron chi connectivity index (χ2n) is 3.04. The molecule has 0 aromatic rings. The van der Waals surface area contributed by atoms with Crippen LogP contribution in [0.15, 0.2) is 0 Å². The van der Waals surface area contributed by atoms with Crippen LogP contribution in [0, 0.1) is 0 Å². The van der Waals surface area contributed by atoms with E-state index in [-0.39, 0.29) is 0 Å². The van der Waals surface area contributed by atoms with Gasteiger partial charge in [-0.2, -0.15) is 0 Å². The first-order valence-corrected chi connectivity index (χ1v) is 4.28. The number of ether oxygens (including phenoxy) is 1. The van der Waals surface area contributed by atoms with Crippen LogP contribution in [0.5, 0.6) is 0 Å². The number of hydrogen-bond donors (Lipinski definition) is 3. The largest absolute Gasteiger partial charge is 0.370 e. The summed E-state index contributed by atoms with van der Waals surface area (Å²) >= 11 is 4.90. The molecule has 0 atom stereocenters. The highest BCUT2D eigenvalue weighted by molar-refractivity contribution is 7.80. The molecule has 1 aliphatic heterocycles. The molecular weight excluding hydrogens is 176 g/mol. The Morgan fingerprint density at radius 1 is 1.50 bits per heavy atom. The zero-order valence-electron chi connectivity index (χ0n) is 7.17. The zero-order valence-corrected chi connectivity index (χ0v) is 7.99. The normalized spacial score (nSPS) is 21.5. The third-order valence-electron chi connectivity index (χ3n) is 1.96. The second kappa shape index (κ2) is 3.99. The van der Waals surface area contributed by atoms with Gasteiger partial charge in [0.2, 0.25) is 5.11 Å². The fraction of sp³-hybridized carbons (Fsp3) is 0.833. The molecule has 5 nitrogen and oxygen atoms in total. The lowest BCUT2D eigenvalue weighted by atomic mass is 10.4. The number of nitrogens with zero attached hydrogens (tertiary/aromatic N) is 1. The molecule has 0 bridgehead atoms. The number of hydrogen-bond acceptors (Lipinski definition) is 3. The SMILES string of the molecule is C[N+]1(NC(=S)NN)CCOCC1. The van der Waals surface area contributed by atoms with Crippen LogP contribution in [0.1, 0.15) is 0 Å². The maximum Gasteiger partial charge on any atom is 0.227 e. The maximum atomic E-state index is 5.23. The Hall–Kier alpha value is -0.430. The van der Waals surface area contributed by atoms with E-state index >= 15 is 0 Å². The predicted octanol–water partition coefficient (Wildman–Crippen LogP) is -1.28. The molecule has 0 unspecified atom stereocenters. The van der Waals surface area contributed by atoms with Crippen molar-refractivity contribution in [2.24, 2.45) is 5.84 Å². The fourth-order valence-electron chi connectivity index (χ4n) is 1.14. The highest BCUT2D eigenvalue weighted by Crippen LogP contribution is 2.02. The summed E-state index contributed by atoms with van der Waals surface area (Å²) in [5, 5.41) is 0.472. The van der Waals surface area contributed by atoms with E-state index in [0.29, 0.717) is 9.70 Å². The first-order chi connectivity index (χ1) is 5.66. The van der Waals surface area contributed by atoms with E-state index in [2.05, 4.69) is 17.9 Å². The van der Waals surface area contributed by atoms with E-state index in [0.717, 1.165) is 26.3 Å². The standard InChI is InChI=1S/C6H14N4OS/c1-10(9-6(12)8-7)2-4-11-5-3-10/h2-5,7H2,1H3,(H-,8,9,12)/p+1. The lowest BCUT2D eigenvalue weighted by Gasteiger charge is -2.36. The number of thiocarbonyl (C=S) groups is 1. The fourth-order valence-corrected chi connectivity index (χ4v) is 1.36. The number of rotatable bonds is 1. The van der Waals surface area contributed by atoms with E-state index in [4.69, 9.17) is 22.8 Å². The van der Waals surface area contributed by atoms with Gasteiger partial charge in [0.1, 0.15) is 13.1 Å². The highest BCUT2D eigenvalue weighted by Gasteiger charge is 2.26. The van der Waals surface area contributed by atoms with Crippen LogP contribution in [0.4, 0.5) is 0 Å². The molecule has 1 fully saturated rings. The smallest absolute Gasteiger partial charge is 0.227 e. The Bertz CT molecular complexity index is 169. The minimum absolute atomic E-state index is 0.472. The molecule has 0 spiro atoms. The van der Waals surface area contributed by atoms with Crippen LogP contribution >= 0.6 is 12.2 Å². The monoisotopic (exact) mass is 191 g/mol. The van der Waals surface area contributed by atoms with E-state index < -0.39 is 0 Å². The Kier molecular flexibility index (Phi) is 3.21. The number of quaternary nitrogens is 1. The van der Waals surface area contributed by atoms with Crippen LogP contribution in [-0.4, -0.2) is 43.1 Å². The molecule has 12 heavy (non-hydrogen) atoms. The topological polar surface area (TPSA) is 59.3 Å². The van der Waals surface area contributed by atoms with Gasteiger partial charge in [0, 0.05) is 0 Å². The molecule has 0 aliphatic carbocycles. The molecule has 0 saturated carbocycles. The predicted molar refractivity (Wildman–Crippen MR) is 49.8 cm³/mol. The molecule has 6 heteroatoms. The Balaban J connectivity index is 2.41. The van der Waals surface area contributed by atoms with Crippen molar-refractivity contribution < 1.29 is 9.33 Å². The number of likely N-dealkylation sites (N-methyl/N-ethyl adjacent to an activating group) is 1. The van der Waals surface area contributed by atoms with E-state index in [1.807, 2.05) is 0 Å². The van der Waals surface area contributed by atoms with Crippen molar-refractivity contribution in [2.45, 2.75) is 0 Å². The van der Waals surface area contributed by atoms with Crippen molar-refractivity contribution in [3.8, 4) is 0 Å². The van der Waals surface area contributed by atoms with Gasteiger partial charge in [0.15, 0.2) is 0 Å². The molecule has 70 valence electrons. The molecule has 4 N–H and O–H groups in total. The van der Waals surface area contributed by atoms with Crippen molar-refractivity contribution in [3.63, 3.8) is 0 Å². The van der Waals surface area contributed by atoms with Gasteiger partial charge in [-0.25, -0.2) is 15.9 Å². The van der Waals surface area contributed by atoms with Gasteiger partial charge < -0.3 is 4.74 Å². The molecule has 0 radical (unpaired) electrons. The van der Waals surface area contributed by atoms with Gasteiger partial charge in [-0.1, -0.05) is 0 Å². The summed E-state index contributed by atoms with van der Waals surface area (Å²) in [6, 6.07) is 0. The summed E-state index contributed by atoms with van der Waals surface area (Å²) in [5.74, 6) is 5.15. The zero-order chi connectivity index (χ0) is 9.03. The van der Waals surface area contributed by atoms with Crippen LogP contribution in [0.25, 0.3) is 0 Å². The summed E-state index contributed by atoms with van der Waals surface area (Å²) in [6.07, 6.45) is 0. The van der Waals surface area contributed by atoms with Crippen molar-refractivity contribution in [1.82, 2.24) is 10.9 Å². The van der Waals surface area contributed by atoms with Crippen molar-refractivity contribution in [2.75, 3.05) is 33.4 Å². The Morgan fingerprint density at radius 2 is 2.08 bits per heavy atom. The van der Waals surface area contributed by atoms with Gasteiger partial charge in [-0.15, -0.1) is 0 Å². The summed E-state index contributed by atoms with van der Waals surface area (Å²) in [7, 11) is 2.06. The molecule has 1 rings (SSSR count). The number of hydrazine groups is 1. The van der Waals surface area contributed by atoms with Gasteiger partial charge in [0.25, 0.3) is 0 Å². The molecule has 1 saturated heterocycles. The summed E-state index contributed by atoms with van der Waals surface area (Å²) in [6.45, 7) is 3.33. The lowest BCUT2D eigenvalue weighted by Crippen LogP contribution is -2.64. The van der Waals surface area contributed by atoms with Crippen LogP contribution in [-0.2, 0) is 4.74 Å². The number of morpholine rings is 1. The lowest BCUT2D eigenvalue weighted by molar-refractivity contribution is -0.948. The first-order valence-electron chi connectivity index (χ1n) is 3.87. The third-order valence-corrected chi connectivity index (χ3v) is 2.17.